The molecule has 2 amide bonds. The van der Waals surface area contributed by atoms with E-state index in [1.54, 1.807) is 4.90 Å². The molecule has 3 aliphatic rings. The molecule has 5 nitrogen and oxygen atoms in total. The van der Waals surface area contributed by atoms with E-state index in [9.17, 15) is 9.59 Å². The van der Waals surface area contributed by atoms with Gasteiger partial charge in [-0.25, -0.2) is 0 Å². The number of carbonyl (C=O) groups is 2. The third-order valence-corrected chi connectivity index (χ3v) is 5.07. The molecule has 23 heavy (non-hydrogen) atoms. The van der Waals surface area contributed by atoms with Gasteiger partial charge in [0.25, 0.3) is 0 Å². The van der Waals surface area contributed by atoms with E-state index in [0.717, 1.165) is 12.8 Å². The quantitative estimate of drug-likeness (QED) is 0.886. The Balaban J connectivity index is 0.00000156. The number of hydrogen-bond acceptors (Lipinski definition) is 3. The second-order valence-electron chi connectivity index (χ2n) is 6.63. The Kier molecular flexibility index (Phi) is 4.60. The van der Waals surface area contributed by atoms with Crippen LogP contribution in [0, 0.1) is 0 Å². The van der Waals surface area contributed by atoms with Gasteiger partial charge < -0.3 is 15.1 Å². The van der Waals surface area contributed by atoms with Crippen molar-refractivity contribution in [3.63, 3.8) is 0 Å². The molecule has 2 fully saturated rings. The van der Waals surface area contributed by atoms with Gasteiger partial charge in [-0.3, -0.25) is 9.59 Å². The standard InChI is InChI=1S/C17H21N3O2.ClH/c21-16-7-14-5-6-15(18-14)10-20(16)11-17(22)19-8-12-3-1-2-4-13(12)9-19;/h1-4,14-15,18H,5-11H2;1H/t14-,15+;/m1./s1. The van der Waals surface area contributed by atoms with E-state index in [0.29, 0.717) is 38.1 Å². The number of amides is 2. The summed E-state index contributed by atoms with van der Waals surface area (Å²) in [7, 11) is 0. The van der Waals surface area contributed by atoms with Crippen LogP contribution in [0.3, 0.4) is 0 Å². The summed E-state index contributed by atoms with van der Waals surface area (Å²) < 4.78 is 0. The summed E-state index contributed by atoms with van der Waals surface area (Å²) in [5.74, 6) is 0.173. The summed E-state index contributed by atoms with van der Waals surface area (Å²) in [4.78, 5) is 28.5. The van der Waals surface area contributed by atoms with Crippen LogP contribution in [0.2, 0.25) is 0 Å². The fourth-order valence-corrected chi connectivity index (χ4v) is 3.84. The van der Waals surface area contributed by atoms with E-state index in [1.807, 2.05) is 17.0 Å². The van der Waals surface area contributed by atoms with Crippen molar-refractivity contribution in [1.82, 2.24) is 15.1 Å². The second-order valence-corrected chi connectivity index (χ2v) is 6.63. The Hall–Kier alpha value is -1.59. The van der Waals surface area contributed by atoms with E-state index >= 15 is 0 Å². The number of hydrogen-bond donors (Lipinski definition) is 1. The maximum Gasteiger partial charge on any atom is 0.242 e. The first-order valence-electron chi connectivity index (χ1n) is 8.07. The van der Waals surface area contributed by atoms with E-state index in [2.05, 4.69) is 17.4 Å². The number of likely N-dealkylation sites (tertiary alicyclic amines) is 1. The van der Waals surface area contributed by atoms with Crippen LogP contribution in [0.15, 0.2) is 24.3 Å². The van der Waals surface area contributed by atoms with Crippen molar-refractivity contribution in [3.05, 3.63) is 35.4 Å². The van der Waals surface area contributed by atoms with Gasteiger partial charge in [0.05, 0.1) is 6.54 Å². The zero-order chi connectivity index (χ0) is 15.1. The van der Waals surface area contributed by atoms with Gasteiger partial charge in [-0.05, 0) is 24.0 Å². The smallest absolute Gasteiger partial charge is 0.242 e. The van der Waals surface area contributed by atoms with Crippen molar-refractivity contribution >= 4 is 24.2 Å². The fourth-order valence-electron chi connectivity index (χ4n) is 3.84. The highest BCUT2D eigenvalue weighted by atomic mass is 35.5. The van der Waals surface area contributed by atoms with Crippen molar-refractivity contribution in [3.8, 4) is 0 Å². The molecule has 1 aromatic carbocycles. The van der Waals surface area contributed by atoms with Crippen molar-refractivity contribution in [2.75, 3.05) is 13.1 Å². The lowest BCUT2D eigenvalue weighted by molar-refractivity contribution is -0.141. The third kappa shape index (κ3) is 3.21. The molecule has 124 valence electrons. The molecule has 2 atom stereocenters. The van der Waals surface area contributed by atoms with Gasteiger partial charge in [-0.1, -0.05) is 24.3 Å². The van der Waals surface area contributed by atoms with Crippen LogP contribution < -0.4 is 5.32 Å². The molecule has 0 spiro atoms. The minimum atomic E-state index is 0. The molecule has 2 saturated heterocycles. The summed E-state index contributed by atoms with van der Waals surface area (Å²) in [6.07, 6.45) is 2.72. The monoisotopic (exact) mass is 335 g/mol. The molecule has 0 aromatic heterocycles. The predicted octanol–water partition coefficient (Wildman–Crippen LogP) is 1.30. The molecule has 3 aliphatic heterocycles. The zero-order valence-electron chi connectivity index (χ0n) is 13.0. The van der Waals surface area contributed by atoms with Crippen molar-refractivity contribution in [2.45, 2.75) is 44.4 Å². The molecule has 3 heterocycles. The molecule has 2 bridgehead atoms. The van der Waals surface area contributed by atoms with Crippen LogP contribution in [0.25, 0.3) is 0 Å². The number of halogens is 1. The lowest BCUT2D eigenvalue weighted by Gasteiger charge is -2.26. The Morgan fingerprint density at radius 1 is 1.13 bits per heavy atom. The molecule has 6 heteroatoms. The highest BCUT2D eigenvalue weighted by Gasteiger charge is 2.35. The highest BCUT2D eigenvalue weighted by molar-refractivity contribution is 5.86. The first-order chi connectivity index (χ1) is 10.7. The van der Waals surface area contributed by atoms with Crippen LogP contribution in [0.5, 0.6) is 0 Å². The molecular formula is C17H22ClN3O2. The molecule has 1 aromatic rings. The lowest BCUT2D eigenvalue weighted by atomic mass is 10.1. The minimum absolute atomic E-state index is 0. The molecular weight excluding hydrogens is 314 g/mol. The van der Waals surface area contributed by atoms with Crippen LogP contribution in [0.1, 0.15) is 30.4 Å². The van der Waals surface area contributed by atoms with Gasteiger partial charge in [0.2, 0.25) is 11.8 Å². The molecule has 1 N–H and O–H groups in total. The number of benzene rings is 1. The first-order valence-corrected chi connectivity index (χ1v) is 8.07. The highest BCUT2D eigenvalue weighted by Crippen LogP contribution is 2.24. The number of nitrogens with one attached hydrogen (secondary N) is 1. The number of fused-ring (bicyclic) bond motifs is 3. The zero-order valence-corrected chi connectivity index (χ0v) is 13.8. The lowest BCUT2D eigenvalue weighted by Crippen LogP contribution is -2.44. The Bertz CT molecular complexity index is 597. The maximum atomic E-state index is 12.6. The largest absolute Gasteiger partial charge is 0.332 e. The van der Waals surface area contributed by atoms with Crippen LogP contribution >= 0.6 is 12.4 Å². The Morgan fingerprint density at radius 3 is 2.48 bits per heavy atom. The third-order valence-electron chi connectivity index (χ3n) is 5.07. The van der Waals surface area contributed by atoms with Gasteiger partial charge in [0, 0.05) is 38.1 Å². The minimum Gasteiger partial charge on any atom is -0.332 e. The fraction of sp³-hybridized carbons (Fsp3) is 0.529. The van der Waals surface area contributed by atoms with Crippen LogP contribution in [0.4, 0.5) is 0 Å². The SMILES string of the molecule is Cl.O=C(CN1C[C@@H]2CC[C@H](CC1=O)N2)N1Cc2ccccc2C1. The van der Waals surface area contributed by atoms with Gasteiger partial charge in [0.1, 0.15) is 0 Å². The van der Waals surface area contributed by atoms with E-state index < -0.39 is 0 Å². The van der Waals surface area contributed by atoms with E-state index in [1.165, 1.54) is 11.1 Å². The topological polar surface area (TPSA) is 52.7 Å². The first kappa shape index (κ1) is 16.3. The number of nitrogens with zero attached hydrogens (tertiary/aromatic N) is 2. The summed E-state index contributed by atoms with van der Waals surface area (Å²) in [6, 6.07) is 8.83. The molecule has 0 unspecified atom stereocenters. The van der Waals surface area contributed by atoms with Gasteiger partial charge in [-0.2, -0.15) is 0 Å². The molecule has 0 radical (unpaired) electrons. The summed E-state index contributed by atoms with van der Waals surface area (Å²) >= 11 is 0. The predicted molar refractivity (Wildman–Crippen MR) is 89.1 cm³/mol. The average Bonchev–Trinajstić information content (AvgIpc) is 3.09. The normalized spacial score (nSPS) is 25.8. The summed E-state index contributed by atoms with van der Waals surface area (Å²) in [6.45, 7) is 2.22. The van der Waals surface area contributed by atoms with Crippen LogP contribution in [-0.4, -0.2) is 46.8 Å². The van der Waals surface area contributed by atoms with Crippen molar-refractivity contribution in [1.29, 1.82) is 0 Å². The Labute approximate surface area is 142 Å². The van der Waals surface area contributed by atoms with Crippen molar-refractivity contribution in [2.24, 2.45) is 0 Å². The number of carbonyl (C=O) groups excluding carboxylic acids is 2. The average molecular weight is 336 g/mol. The molecule has 0 saturated carbocycles. The molecule has 0 aliphatic carbocycles. The van der Waals surface area contributed by atoms with E-state index in [-0.39, 0.29) is 30.8 Å². The van der Waals surface area contributed by atoms with Gasteiger partial charge in [-0.15, -0.1) is 12.4 Å². The summed E-state index contributed by atoms with van der Waals surface area (Å²) in [5.41, 5.74) is 2.44. The second kappa shape index (κ2) is 6.49. The van der Waals surface area contributed by atoms with Gasteiger partial charge >= 0.3 is 0 Å². The maximum absolute atomic E-state index is 12.6. The van der Waals surface area contributed by atoms with E-state index in [4.69, 9.17) is 0 Å². The van der Waals surface area contributed by atoms with Crippen LogP contribution in [-0.2, 0) is 22.7 Å². The number of rotatable bonds is 2. The Morgan fingerprint density at radius 2 is 1.78 bits per heavy atom. The molecule has 4 rings (SSSR count). The summed E-state index contributed by atoms with van der Waals surface area (Å²) in [5, 5.41) is 3.48. The van der Waals surface area contributed by atoms with Gasteiger partial charge in [0.15, 0.2) is 0 Å². The van der Waals surface area contributed by atoms with Crippen molar-refractivity contribution < 1.29 is 9.59 Å².